The van der Waals surface area contributed by atoms with E-state index in [0.29, 0.717) is 18.7 Å². The quantitative estimate of drug-likeness (QED) is 0.523. The van der Waals surface area contributed by atoms with Gasteiger partial charge in [-0.15, -0.1) is 11.8 Å². The minimum absolute atomic E-state index is 0.0669. The van der Waals surface area contributed by atoms with Gasteiger partial charge in [0, 0.05) is 5.75 Å². The van der Waals surface area contributed by atoms with E-state index in [9.17, 15) is 9.59 Å². The van der Waals surface area contributed by atoms with Crippen molar-refractivity contribution < 1.29 is 9.59 Å². The molecule has 0 aromatic carbocycles. The first-order valence-electron chi connectivity index (χ1n) is 3.12. The average Bonchev–Trinajstić information content (AvgIpc) is 2.39. The summed E-state index contributed by atoms with van der Waals surface area (Å²) < 4.78 is 0. The Hall–Kier alpha value is -0.750. The molecule has 0 spiro atoms. The van der Waals surface area contributed by atoms with E-state index in [4.69, 9.17) is 0 Å². The molecule has 0 aromatic rings. The van der Waals surface area contributed by atoms with Gasteiger partial charge >= 0.3 is 0 Å². The number of hydrazine groups is 1. The van der Waals surface area contributed by atoms with Crippen LogP contribution in [-0.2, 0) is 9.59 Å². The maximum absolute atomic E-state index is 10.0. The van der Waals surface area contributed by atoms with Crippen molar-refractivity contribution in [3.63, 3.8) is 0 Å². The standard InChI is InChI=1S/C5H9N3O2S/c9-2-6-5-1-11-4-8(5)7-3-10/h2-3,5H,1,4H2,(H,6,9)(H,7,10). The maximum Gasteiger partial charge on any atom is 0.221 e. The lowest BCUT2D eigenvalue weighted by molar-refractivity contribution is -0.116. The Balaban J connectivity index is 2.36. The summed E-state index contributed by atoms with van der Waals surface area (Å²) >= 11 is 1.65. The van der Waals surface area contributed by atoms with Gasteiger partial charge in [0.05, 0.1) is 5.88 Å². The Morgan fingerprint density at radius 1 is 1.45 bits per heavy atom. The van der Waals surface area contributed by atoms with Gasteiger partial charge in [0.15, 0.2) is 0 Å². The highest BCUT2D eigenvalue weighted by Gasteiger charge is 2.23. The number of nitrogens with one attached hydrogen (secondary N) is 2. The highest BCUT2D eigenvalue weighted by Crippen LogP contribution is 2.15. The van der Waals surface area contributed by atoms with Crippen LogP contribution in [0.4, 0.5) is 0 Å². The van der Waals surface area contributed by atoms with Crippen LogP contribution in [0.25, 0.3) is 0 Å². The fourth-order valence-electron chi connectivity index (χ4n) is 0.854. The Labute approximate surface area is 68.5 Å². The highest BCUT2D eigenvalue weighted by molar-refractivity contribution is 7.99. The van der Waals surface area contributed by atoms with E-state index in [0.717, 1.165) is 5.75 Å². The SMILES string of the molecule is O=CNC1CSCN1NC=O. The normalized spacial score (nSPS) is 24.5. The van der Waals surface area contributed by atoms with Gasteiger partial charge in [0.1, 0.15) is 6.17 Å². The first-order valence-corrected chi connectivity index (χ1v) is 4.28. The predicted molar refractivity (Wildman–Crippen MR) is 41.4 cm³/mol. The summed E-state index contributed by atoms with van der Waals surface area (Å²) in [5.41, 5.74) is 2.49. The second-order valence-electron chi connectivity index (χ2n) is 2.02. The lowest BCUT2D eigenvalue weighted by Crippen LogP contribution is -2.49. The van der Waals surface area contributed by atoms with Crippen molar-refractivity contribution in [2.24, 2.45) is 0 Å². The molecule has 0 aliphatic carbocycles. The van der Waals surface area contributed by atoms with Crippen molar-refractivity contribution in [2.45, 2.75) is 6.17 Å². The van der Waals surface area contributed by atoms with E-state index in [-0.39, 0.29) is 6.17 Å². The van der Waals surface area contributed by atoms with Gasteiger partial charge in [-0.2, -0.15) is 5.01 Å². The number of hydrogen-bond acceptors (Lipinski definition) is 4. The number of amides is 2. The molecule has 0 radical (unpaired) electrons. The summed E-state index contributed by atoms with van der Waals surface area (Å²) in [6.45, 7) is 0. The van der Waals surface area contributed by atoms with Crippen molar-refractivity contribution in [3.8, 4) is 0 Å². The molecule has 1 atom stereocenters. The van der Waals surface area contributed by atoms with Gasteiger partial charge in [-0.05, 0) is 0 Å². The lowest BCUT2D eigenvalue weighted by Gasteiger charge is -2.20. The fraction of sp³-hybridized carbons (Fsp3) is 0.600. The van der Waals surface area contributed by atoms with Crippen molar-refractivity contribution in [2.75, 3.05) is 11.6 Å². The second-order valence-corrected chi connectivity index (χ2v) is 3.02. The number of hydrogen-bond donors (Lipinski definition) is 2. The van der Waals surface area contributed by atoms with Gasteiger partial charge < -0.3 is 5.32 Å². The monoisotopic (exact) mass is 175 g/mol. The average molecular weight is 175 g/mol. The molecule has 62 valence electrons. The molecule has 1 unspecified atom stereocenters. The molecule has 2 amide bonds. The Morgan fingerprint density at radius 3 is 2.91 bits per heavy atom. The summed E-state index contributed by atoms with van der Waals surface area (Å²) in [6.07, 6.45) is 1.17. The zero-order valence-corrected chi connectivity index (χ0v) is 6.63. The van der Waals surface area contributed by atoms with Gasteiger partial charge in [0.2, 0.25) is 12.8 Å². The molecule has 5 nitrogen and oxygen atoms in total. The third-order valence-corrected chi connectivity index (χ3v) is 2.37. The molecule has 0 saturated carbocycles. The van der Waals surface area contributed by atoms with E-state index in [1.807, 2.05) is 0 Å². The molecule has 1 fully saturated rings. The smallest absolute Gasteiger partial charge is 0.221 e. The van der Waals surface area contributed by atoms with Crippen LogP contribution in [0.1, 0.15) is 0 Å². The molecule has 1 saturated heterocycles. The van der Waals surface area contributed by atoms with E-state index in [1.165, 1.54) is 0 Å². The highest BCUT2D eigenvalue weighted by atomic mass is 32.2. The van der Waals surface area contributed by atoms with Crippen LogP contribution >= 0.6 is 11.8 Å². The van der Waals surface area contributed by atoms with Crippen LogP contribution in [0, 0.1) is 0 Å². The minimum atomic E-state index is -0.0669. The molecule has 1 aliphatic heterocycles. The van der Waals surface area contributed by atoms with Gasteiger partial charge in [-0.25, -0.2) is 0 Å². The van der Waals surface area contributed by atoms with Gasteiger partial charge in [-0.1, -0.05) is 0 Å². The Kier molecular flexibility index (Phi) is 3.18. The van der Waals surface area contributed by atoms with Crippen LogP contribution in [0.15, 0.2) is 0 Å². The number of carbonyl (C=O) groups is 2. The number of rotatable bonds is 4. The molecule has 1 rings (SSSR count). The molecular weight excluding hydrogens is 166 g/mol. The van der Waals surface area contributed by atoms with Gasteiger partial charge in [0.25, 0.3) is 0 Å². The van der Waals surface area contributed by atoms with Crippen molar-refractivity contribution in [1.82, 2.24) is 15.8 Å². The molecule has 2 N–H and O–H groups in total. The molecule has 1 heterocycles. The maximum atomic E-state index is 10.0. The number of nitrogens with zero attached hydrogens (tertiary/aromatic N) is 1. The van der Waals surface area contributed by atoms with E-state index in [2.05, 4.69) is 10.7 Å². The van der Waals surface area contributed by atoms with Crippen molar-refractivity contribution >= 4 is 24.6 Å². The van der Waals surface area contributed by atoms with Crippen molar-refractivity contribution in [3.05, 3.63) is 0 Å². The minimum Gasteiger partial charge on any atom is -0.341 e. The zero-order valence-electron chi connectivity index (χ0n) is 5.82. The van der Waals surface area contributed by atoms with Gasteiger partial charge in [-0.3, -0.25) is 15.0 Å². The van der Waals surface area contributed by atoms with Crippen LogP contribution in [-0.4, -0.2) is 35.6 Å². The first kappa shape index (κ1) is 8.35. The summed E-state index contributed by atoms with van der Waals surface area (Å²) in [6, 6.07) is 0. The van der Waals surface area contributed by atoms with E-state index >= 15 is 0 Å². The van der Waals surface area contributed by atoms with Crippen LogP contribution in [0.3, 0.4) is 0 Å². The van der Waals surface area contributed by atoms with Crippen molar-refractivity contribution in [1.29, 1.82) is 0 Å². The number of carbonyl (C=O) groups excluding carboxylic acids is 2. The van der Waals surface area contributed by atoms with Crippen LogP contribution in [0.5, 0.6) is 0 Å². The first-order chi connectivity index (χ1) is 5.38. The second kappa shape index (κ2) is 4.20. The molecule has 1 aliphatic rings. The third kappa shape index (κ3) is 2.09. The Bertz CT molecular complexity index is 139. The molecular formula is C5H9N3O2S. The number of thioether (sulfide) groups is 1. The molecule has 6 heteroatoms. The van der Waals surface area contributed by atoms with Crippen LogP contribution in [0.2, 0.25) is 0 Å². The Morgan fingerprint density at radius 2 is 2.27 bits per heavy atom. The fourth-order valence-corrected chi connectivity index (χ4v) is 1.91. The summed E-state index contributed by atoms with van der Waals surface area (Å²) in [4.78, 5) is 20.1. The summed E-state index contributed by atoms with van der Waals surface area (Å²) in [5.74, 6) is 1.52. The predicted octanol–water partition coefficient (Wildman–Crippen LogP) is -1.27. The summed E-state index contributed by atoms with van der Waals surface area (Å²) in [7, 11) is 0. The zero-order chi connectivity index (χ0) is 8.10. The van der Waals surface area contributed by atoms with E-state index < -0.39 is 0 Å². The van der Waals surface area contributed by atoms with Crippen LogP contribution < -0.4 is 10.7 Å². The third-order valence-electron chi connectivity index (χ3n) is 1.36. The molecule has 0 bridgehead atoms. The molecule has 0 aromatic heterocycles. The summed E-state index contributed by atoms with van der Waals surface area (Å²) in [5, 5.41) is 4.26. The topological polar surface area (TPSA) is 61.4 Å². The van der Waals surface area contributed by atoms with E-state index in [1.54, 1.807) is 16.8 Å². The molecule has 11 heavy (non-hydrogen) atoms. The largest absolute Gasteiger partial charge is 0.341 e. The lowest BCUT2D eigenvalue weighted by atomic mass is 10.5.